The number of fused-ring (bicyclic) bond motifs is 1. The molecule has 2 aliphatic heterocycles. The van der Waals surface area contributed by atoms with E-state index >= 15 is 0 Å². The van der Waals surface area contributed by atoms with Crippen LogP contribution in [0, 0.1) is 5.92 Å². The molecular weight excluding hydrogens is 330 g/mol. The van der Waals surface area contributed by atoms with Gasteiger partial charge in [-0.25, -0.2) is 8.42 Å². The molecule has 2 atom stereocenters. The van der Waals surface area contributed by atoms with Gasteiger partial charge in [0, 0.05) is 33.2 Å². The maximum atomic E-state index is 12.8. The Kier molecular flexibility index (Phi) is 4.35. The summed E-state index contributed by atoms with van der Waals surface area (Å²) in [6.45, 7) is 0.434. The first-order chi connectivity index (χ1) is 11.3. The van der Waals surface area contributed by atoms with Crippen LogP contribution < -0.4 is 0 Å². The first kappa shape index (κ1) is 16.9. The fraction of sp³-hybridized carbons (Fsp3) is 0.500. The van der Waals surface area contributed by atoms with E-state index in [2.05, 4.69) is 0 Å². The van der Waals surface area contributed by atoms with Gasteiger partial charge >= 0.3 is 0 Å². The molecule has 0 radical (unpaired) electrons. The highest BCUT2D eigenvalue weighted by atomic mass is 32.2. The van der Waals surface area contributed by atoms with Crippen molar-refractivity contribution < 1.29 is 18.0 Å². The van der Waals surface area contributed by atoms with Crippen molar-refractivity contribution >= 4 is 21.8 Å². The highest BCUT2D eigenvalue weighted by Gasteiger charge is 2.45. The number of carbonyl (C=O) groups excluding carboxylic acids is 2. The van der Waals surface area contributed by atoms with Crippen LogP contribution in [0.1, 0.15) is 6.42 Å². The molecule has 0 bridgehead atoms. The van der Waals surface area contributed by atoms with Crippen molar-refractivity contribution in [2.24, 2.45) is 5.92 Å². The van der Waals surface area contributed by atoms with Crippen molar-refractivity contribution in [3.8, 4) is 0 Å². The number of hydrogen-bond donors (Lipinski definition) is 0. The number of amides is 2. The van der Waals surface area contributed by atoms with Gasteiger partial charge in [0.25, 0.3) is 0 Å². The number of hydrogen-bond acceptors (Lipinski definition) is 4. The molecule has 1 aromatic carbocycles. The van der Waals surface area contributed by atoms with Gasteiger partial charge < -0.3 is 9.80 Å². The Hall–Kier alpha value is -1.93. The summed E-state index contributed by atoms with van der Waals surface area (Å²) < 4.78 is 27.0. The maximum absolute atomic E-state index is 12.8. The molecule has 0 aromatic heterocycles. The summed E-state index contributed by atoms with van der Waals surface area (Å²) in [6, 6.07) is 7.97. The molecule has 2 saturated heterocycles. The second-order valence-corrected chi connectivity index (χ2v) is 8.28. The van der Waals surface area contributed by atoms with Gasteiger partial charge in [-0.15, -0.1) is 0 Å². The minimum atomic E-state index is -3.64. The lowest BCUT2D eigenvalue weighted by atomic mass is 9.91. The first-order valence-corrected chi connectivity index (χ1v) is 9.32. The number of rotatable bonds is 2. The molecule has 0 spiro atoms. The van der Waals surface area contributed by atoms with Gasteiger partial charge in [-0.2, -0.15) is 4.31 Å². The molecule has 24 heavy (non-hydrogen) atoms. The summed E-state index contributed by atoms with van der Waals surface area (Å²) in [4.78, 5) is 27.9. The van der Waals surface area contributed by atoms with Crippen LogP contribution in [0.25, 0.3) is 0 Å². The molecule has 2 fully saturated rings. The Morgan fingerprint density at radius 3 is 2.42 bits per heavy atom. The molecule has 0 unspecified atom stereocenters. The summed E-state index contributed by atoms with van der Waals surface area (Å²) in [5.41, 5.74) is 0. The van der Waals surface area contributed by atoms with Crippen LogP contribution in [-0.2, 0) is 19.6 Å². The smallest absolute Gasteiger partial charge is 0.243 e. The van der Waals surface area contributed by atoms with E-state index in [-0.39, 0.29) is 35.8 Å². The van der Waals surface area contributed by atoms with Gasteiger partial charge in [0.05, 0.1) is 17.4 Å². The maximum Gasteiger partial charge on any atom is 0.243 e. The van der Waals surface area contributed by atoms with Crippen molar-refractivity contribution in [1.29, 1.82) is 0 Å². The summed E-state index contributed by atoms with van der Waals surface area (Å²) in [6.07, 6.45) is 0.457. The summed E-state index contributed by atoms with van der Waals surface area (Å²) in [5, 5.41) is 0. The third kappa shape index (κ3) is 2.80. The molecule has 2 heterocycles. The molecule has 130 valence electrons. The lowest BCUT2D eigenvalue weighted by Gasteiger charge is -2.39. The Morgan fingerprint density at radius 1 is 1.08 bits per heavy atom. The van der Waals surface area contributed by atoms with Gasteiger partial charge in [-0.05, 0) is 18.6 Å². The molecule has 0 aliphatic carbocycles. The lowest BCUT2D eigenvalue weighted by molar-refractivity contribution is -0.136. The highest BCUT2D eigenvalue weighted by molar-refractivity contribution is 7.89. The van der Waals surface area contributed by atoms with Crippen LogP contribution in [0.3, 0.4) is 0 Å². The van der Waals surface area contributed by atoms with Crippen LogP contribution in [-0.4, -0.2) is 74.1 Å². The fourth-order valence-corrected chi connectivity index (χ4v) is 4.94. The minimum Gasteiger partial charge on any atom is -0.340 e. The van der Waals surface area contributed by atoms with Crippen molar-refractivity contribution in [2.45, 2.75) is 17.4 Å². The molecule has 2 amide bonds. The average molecular weight is 351 g/mol. The van der Waals surface area contributed by atoms with E-state index in [0.717, 1.165) is 0 Å². The van der Waals surface area contributed by atoms with Gasteiger partial charge in [-0.1, -0.05) is 18.2 Å². The summed E-state index contributed by atoms with van der Waals surface area (Å²) >= 11 is 0. The van der Waals surface area contributed by atoms with Crippen LogP contribution in [0.5, 0.6) is 0 Å². The second-order valence-electron chi connectivity index (χ2n) is 6.34. The van der Waals surface area contributed by atoms with Crippen LogP contribution in [0.4, 0.5) is 0 Å². The lowest BCUT2D eigenvalue weighted by Crippen LogP contribution is -2.54. The van der Waals surface area contributed by atoms with Crippen LogP contribution in [0.2, 0.25) is 0 Å². The molecule has 0 N–H and O–H groups in total. The molecular formula is C16H21N3O4S. The van der Waals surface area contributed by atoms with Gasteiger partial charge in [0.1, 0.15) is 0 Å². The number of sulfonamides is 1. The normalized spacial score (nSPS) is 26.2. The van der Waals surface area contributed by atoms with E-state index in [4.69, 9.17) is 0 Å². The van der Waals surface area contributed by atoms with E-state index in [9.17, 15) is 18.0 Å². The van der Waals surface area contributed by atoms with Crippen molar-refractivity contribution in [2.75, 3.05) is 33.7 Å². The van der Waals surface area contributed by atoms with Crippen LogP contribution >= 0.6 is 0 Å². The monoisotopic (exact) mass is 351 g/mol. The number of carbonyl (C=O) groups is 2. The zero-order valence-corrected chi connectivity index (χ0v) is 14.6. The largest absolute Gasteiger partial charge is 0.340 e. The van der Waals surface area contributed by atoms with Crippen molar-refractivity contribution in [3.05, 3.63) is 30.3 Å². The summed E-state index contributed by atoms with van der Waals surface area (Å²) in [5.74, 6) is -0.818. The van der Waals surface area contributed by atoms with E-state index in [1.54, 1.807) is 49.3 Å². The van der Waals surface area contributed by atoms with Gasteiger partial charge in [0.2, 0.25) is 21.8 Å². The van der Waals surface area contributed by atoms with E-state index in [0.29, 0.717) is 13.0 Å². The molecule has 3 rings (SSSR count). The predicted molar refractivity (Wildman–Crippen MR) is 87.5 cm³/mol. The number of nitrogens with zero attached hydrogens (tertiary/aromatic N) is 3. The first-order valence-electron chi connectivity index (χ1n) is 7.88. The van der Waals surface area contributed by atoms with E-state index in [1.165, 1.54) is 9.21 Å². The molecule has 8 heteroatoms. The predicted octanol–water partition coefficient (Wildman–Crippen LogP) is -0.00380. The molecule has 0 saturated carbocycles. The quantitative estimate of drug-likeness (QED) is 0.751. The topological polar surface area (TPSA) is 78.0 Å². The highest BCUT2D eigenvalue weighted by Crippen LogP contribution is 2.29. The zero-order chi connectivity index (χ0) is 17.5. The van der Waals surface area contributed by atoms with E-state index < -0.39 is 15.9 Å². The van der Waals surface area contributed by atoms with Crippen LogP contribution in [0.15, 0.2) is 35.2 Å². The Morgan fingerprint density at radius 2 is 1.75 bits per heavy atom. The molecule has 2 aliphatic rings. The fourth-order valence-electron chi connectivity index (χ4n) is 3.44. The number of piperidine rings is 1. The van der Waals surface area contributed by atoms with Crippen molar-refractivity contribution in [3.63, 3.8) is 0 Å². The number of benzene rings is 1. The standard InChI is InChI=1S/C16H21N3O4S/c1-17-11-15(20)18(2)14-8-9-19(10-13(14)16(17)21)24(22,23)12-6-4-3-5-7-12/h3-7,13-14H,8-11H2,1-2H3/t13-,14+/m0/s1. The third-order valence-electron chi connectivity index (χ3n) is 4.88. The average Bonchev–Trinajstić information content (AvgIpc) is 2.67. The van der Waals surface area contributed by atoms with Gasteiger partial charge in [0.15, 0.2) is 0 Å². The Balaban J connectivity index is 1.90. The minimum absolute atomic E-state index is 0.0355. The SMILES string of the molecule is CN1CC(=O)N(C)[C@@H]2CCN(S(=O)(=O)c3ccccc3)C[C@@H]2C1=O. The van der Waals surface area contributed by atoms with E-state index in [1.807, 2.05) is 0 Å². The Bertz CT molecular complexity index is 750. The third-order valence-corrected chi connectivity index (χ3v) is 6.76. The number of likely N-dealkylation sites (N-methyl/N-ethyl adjacent to an activating group) is 2. The van der Waals surface area contributed by atoms with Gasteiger partial charge in [-0.3, -0.25) is 9.59 Å². The zero-order valence-electron chi connectivity index (χ0n) is 13.8. The Labute approximate surface area is 141 Å². The van der Waals surface area contributed by atoms with Crippen molar-refractivity contribution in [1.82, 2.24) is 14.1 Å². The molecule has 1 aromatic rings. The second kappa shape index (κ2) is 6.18. The summed E-state index contributed by atoms with van der Waals surface area (Å²) in [7, 11) is -0.365. The molecule has 7 nitrogen and oxygen atoms in total.